The maximum absolute atomic E-state index is 13.9. The molecule has 1 aromatic heterocycles. The zero-order valence-electron chi connectivity index (χ0n) is 17.6. The van der Waals surface area contributed by atoms with E-state index in [0.717, 1.165) is 17.9 Å². The van der Waals surface area contributed by atoms with Crippen molar-refractivity contribution in [2.24, 2.45) is 4.99 Å². The van der Waals surface area contributed by atoms with Crippen LogP contribution in [-0.2, 0) is 13.0 Å². The fourth-order valence-electron chi connectivity index (χ4n) is 3.09. The molecule has 2 heterocycles. The van der Waals surface area contributed by atoms with Crippen LogP contribution < -0.4 is 20.1 Å². The number of halogens is 2. The Kier molecular flexibility index (Phi) is 8.65. The Morgan fingerprint density at radius 2 is 1.94 bits per heavy atom. The van der Waals surface area contributed by atoms with Gasteiger partial charge in [0, 0.05) is 24.7 Å². The smallest absolute Gasteiger partial charge is 0.248 e. The summed E-state index contributed by atoms with van der Waals surface area (Å²) in [7, 11) is 0. The monoisotopic (exact) mass is 553 g/mol. The summed E-state index contributed by atoms with van der Waals surface area (Å²) >= 11 is 0. The zero-order chi connectivity index (χ0) is 21.5. The maximum Gasteiger partial charge on any atom is 0.248 e. The van der Waals surface area contributed by atoms with Gasteiger partial charge in [-0.05, 0) is 37.1 Å². The van der Waals surface area contributed by atoms with Gasteiger partial charge >= 0.3 is 0 Å². The van der Waals surface area contributed by atoms with Crippen LogP contribution in [0.1, 0.15) is 23.7 Å². The highest BCUT2D eigenvalue weighted by Gasteiger charge is 2.12. The lowest BCUT2D eigenvalue weighted by Crippen LogP contribution is -2.32. The first kappa shape index (κ1) is 23.8. The molecule has 32 heavy (non-hydrogen) atoms. The number of guanidine groups is 1. The number of benzene rings is 2. The van der Waals surface area contributed by atoms with Crippen molar-refractivity contribution < 1.29 is 18.4 Å². The van der Waals surface area contributed by atoms with Gasteiger partial charge in [-0.3, -0.25) is 0 Å². The number of aryl methyl sites for hydroxylation is 1. The molecule has 0 atom stereocenters. The van der Waals surface area contributed by atoms with Crippen LogP contribution in [0.25, 0.3) is 0 Å². The van der Waals surface area contributed by atoms with Crippen molar-refractivity contribution in [1.29, 1.82) is 0 Å². The first-order valence-electron chi connectivity index (χ1n) is 10.1. The van der Waals surface area contributed by atoms with Crippen LogP contribution in [0, 0.1) is 12.7 Å². The number of nitrogens with zero attached hydrogens (tertiary/aromatic N) is 3. The van der Waals surface area contributed by atoms with Crippen LogP contribution in [0.3, 0.4) is 0 Å². The topological polar surface area (TPSA) is 93.8 Å². The number of anilines is 1. The lowest BCUT2D eigenvalue weighted by Gasteiger charge is -2.14. The summed E-state index contributed by atoms with van der Waals surface area (Å²) in [6.07, 6.45) is 1.35. The van der Waals surface area contributed by atoms with E-state index in [-0.39, 0.29) is 36.3 Å². The summed E-state index contributed by atoms with van der Waals surface area (Å²) < 4.78 is 30.5. The molecule has 0 saturated heterocycles. The number of hydrogen-bond acceptors (Lipinski definition) is 6. The molecule has 0 unspecified atom stereocenters. The average molecular weight is 553 g/mol. The van der Waals surface area contributed by atoms with E-state index in [2.05, 4.69) is 25.8 Å². The number of aliphatic imine (C=N–C) groups is 1. The molecule has 0 spiro atoms. The van der Waals surface area contributed by atoms with E-state index in [1.807, 2.05) is 24.3 Å². The van der Waals surface area contributed by atoms with Gasteiger partial charge in [-0.15, -0.1) is 24.0 Å². The second-order valence-corrected chi connectivity index (χ2v) is 7.01. The fourth-order valence-corrected chi connectivity index (χ4v) is 3.09. The van der Waals surface area contributed by atoms with Crippen molar-refractivity contribution in [2.45, 2.75) is 26.3 Å². The summed E-state index contributed by atoms with van der Waals surface area (Å²) in [6.45, 7) is 3.68. The Morgan fingerprint density at radius 1 is 1.12 bits per heavy atom. The van der Waals surface area contributed by atoms with Gasteiger partial charge < -0.3 is 24.6 Å². The molecule has 0 saturated carbocycles. The zero-order valence-corrected chi connectivity index (χ0v) is 20.0. The number of fused-ring (bicyclic) bond motifs is 1. The predicted molar refractivity (Wildman–Crippen MR) is 129 cm³/mol. The van der Waals surface area contributed by atoms with E-state index in [1.165, 1.54) is 6.07 Å². The molecule has 4 rings (SSSR count). The molecular formula is C22H25FIN5O3. The van der Waals surface area contributed by atoms with Crippen molar-refractivity contribution in [3.8, 4) is 11.5 Å². The molecule has 0 aliphatic carbocycles. The first-order chi connectivity index (χ1) is 15.2. The normalized spacial score (nSPS) is 13.1. The van der Waals surface area contributed by atoms with E-state index < -0.39 is 0 Å². The van der Waals surface area contributed by atoms with Gasteiger partial charge in [0.2, 0.25) is 5.89 Å². The molecule has 0 amide bonds. The lowest BCUT2D eigenvalue weighted by molar-refractivity contribution is 0.297. The highest BCUT2D eigenvalue weighted by atomic mass is 127. The van der Waals surface area contributed by atoms with Crippen molar-refractivity contribution in [1.82, 2.24) is 15.5 Å². The van der Waals surface area contributed by atoms with E-state index >= 15 is 0 Å². The number of hydrogen-bond donors (Lipinski definition) is 2. The third kappa shape index (κ3) is 6.55. The van der Waals surface area contributed by atoms with E-state index in [4.69, 9.17) is 14.0 Å². The first-order valence-corrected chi connectivity index (χ1v) is 10.1. The molecule has 3 aromatic rings. The quantitative estimate of drug-likeness (QED) is 0.270. The summed E-state index contributed by atoms with van der Waals surface area (Å²) in [5.41, 5.74) is 1.42. The van der Waals surface area contributed by atoms with Gasteiger partial charge in [-0.1, -0.05) is 23.4 Å². The fraction of sp³-hybridized carbons (Fsp3) is 0.318. The minimum Gasteiger partial charge on any atom is -0.490 e. The Hall–Kier alpha value is -2.89. The van der Waals surface area contributed by atoms with Gasteiger partial charge in [0.15, 0.2) is 23.3 Å². The van der Waals surface area contributed by atoms with Gasteiger partial charge in [0.1, 0.15) is 12.4 Å². The van der Waals surface area contributed by atoms with Crippen molar-refractivity contribution >= 4 is 35.6 Å². The molecular weight excluding hydrogens is 528 g/mol. The molecule has 8 nitrogen and oxygen atoms in total. The number of nitrogens with one attached hydrogen (secondary N) is 2. The highest BCUT2D eigenvalue weighted by molar-refractivity contribution is 14.0. The number of rotatable bonds is 6. The van der Waals surface area contributed by atoms with Crippen LogP contribution in [-0.4, -0.2) is 35.9 Å². The Labute approximate surface area is 202 Å². The van der Waals surface area contributed by atoms with E-state index in [9.17, 15) is 4.39 Å². The lowest BCUT2D eigenvalue weighted by atomic mass is 10.1. The van der Waals surface area contributed by atoms with Crippen LogP contribution in [0.2, 0.25) is 0 Å². The molecule has 1 aliphatic rings. The van der Waals surface area contributed by atoms with Gasteiger partial charge in [-0.25, -0.2) is 9.38 Å². The molecule has 0 fully saturated rings. The summed E-state index contributed by atoms with van der Waals surface area (Å²) in [6, 6.07) is 12.3. The van der Waals surface area contributed by atoms with Gasteiger partial charge in [-0.2, -0.15) is 4.98 Å². The second-order valence-electron chi connectivity index (χ2n) is 7.01. The number of ether oxygens (including phenoxy) is 2. The second kappa shape index (κ2) is 11.7. The van der Waals surface area contributed by atoms with Crippen molar-refractivity contribution in [3.63, 3.8) is 0 Å². The Balaban J connectivity index is 0.00000289. The van der Waals surface area contributed by atoms with Gasteiger partial charge in [0.05, 0.1) is 13.2 Å². The molecule has 0 bridgehead atoms. The van der Waals surface area contributed by atoms with Gasteiger partial charge in [0.25, 0.3) is 0 Å². The molecule has 2 aromatic carbocycles. The third-order valence-corrected chi connectivity index (χ3v) is 4.60. The number of aromatic nitrogens is 2. The SMILES string of the molecule is Cc1noc(CN=C(NCCc2ccccc2F)Nc2ccc3c(c2)OCCCO3)n1.I. The van der Waals surface area contributed by atoms with E-state index in [0.29, 0.717) is 55.2 Å². The highest BCUT2D eigenvalue weighted by Crippen LogP contribution is 2.32. The van der Waals surface area contributed by atoms with Crippen LogP contribution >= 0.6 is 24.0 Å². The Morgan fingerprint density at radius 3 is 2.72 bits per heavy atom. The molecule has 10 heteroatoms. The molecule has 1 aliphatic heterocycles. The molecule has 0 radical (unpaired) electrons. The molecule has 2 N–H and O–H groups in total. The third-order valence-electron chi connectivity index (χ3n) is 4.60. The van der Waals surface area contributed by atoms with E-state index in [1.54, 1.807) is 19.1 Å². The maximum atomic E-state index is 13.9. The Bertz CT molecular complexity index is 1060. The summed E-state index contributed by atoms with van der Waals surface area (Å²) in [5.74, 6) is 2.64. The van der Waals surface area contributed by atoms with Crippen LogP contribution in [0.5, 0.6) is 11.5 Å². The largest absolute Gasteiger partial charge is 0.490 e. The molecule has 170 valence electrons. The summed E-state index contributed by atoms with van der Waals surface area (Å²) in [4.78, 5) is 8.69. The van der Waals surface area contributed by atoms with Crippen molar-refractivity contribution in [2.75, 3.05) is 25.1 Å². The minimum absolute atomic E-state index is 0. The van der Waals surface area contributed by atoms with Crippen LogP contribution in [0.4, 0.5) is 10.1 Å². The average Bonchev–Trinajstić information content (AvgIpc) is 3.04. The standard InChI is InChI=1S/C22H24FN5O3.HI/c1-15-26-21(31-28-15)14-25-22(24-10-9-16-5-2-3-6-18(16)23)27-17-7-8-19-20(13-17)30-12-4-11-29-19;/h2-3,5-8,13H,4,9-12,14H2,1H3,(H2,24,25,27);1H. The minimum atomic E-state index is -0.222. The predicted octanol–water partition coefficient (Wildman–Crippen LogP) is 4.10. The van der Waals surface area contributed by atoms with Crippen molar-refractivity contribution in [3.05, 3.63) is 65.6 Å². The summed E-state index contributed by atoms with van der Waals surface area (Å²) in [5, 5.41) is 10.2. The van der Waals surface area contributed by atoms with Crippen LogP contribution in [0.15, 0.2) is 52.0 Å².